The van der Waals surface area contributed by atoms with E-state index in [0.717, 1.165) is 11.3 Å². The van der Waals surface area contributed by atoms with Crippen molar-refractivity contribution in [1.29, 1.82) is 0 Å². The summed E-state index contributed by atoms with van der Waals surface area (Å²) < 4.78 is 5.49. The fourth-order valence-electron chi connectivity index (χ4n) is 1.90. The van der Waals surface area contributed by atoms with Gasteiger partial charge < -0.3 is 9.64 Å². The Morgan fingerprint density at radius 1 is 1.35 bits per heavy atom. The maximum Gasteiger partial charge on any atom is 0.261 e. The maximum atomic E-state index is 12.0. The van der Waals surface area contributed by atoms with Gasteiger partial charge >= 0.3 is 0 Å². The van der Waals surface area contributed by atoms with Crippen LogP contribution in [0.1, 0.15) is 26.3 Å². The highest BCUT2D eigenvalue weighted by Crippen LogP contribution is 2.29. The summed E-state index contributed by atoms with van der Waals surface area (Å²) in [7, 11) is 0. The minimum Gasteiger partial charge on any atom is -0.483 e. The summed E-state index contributed by atoms with van der Waals surface area (Å²) in [4.78, 5) is 13.8. The van der Waals surface area contributed by atoms with Crippen molar-refractivity contribution in [2.24, 2.45) is 0 Å². The van der Waals surface area contributed by atoms with Gasteiger partial charge in [-0.25, -0.2) is 0 Å². The molecule has 2 rings (SSSR count). The monoisotopic (exact) mass is 253 g/mol. The molecule has 1 amide bonds. The second kappa shape index (κ2) is 4.22. The summed E-state index contributed by atoms with van der Waals surface area (Å²) in [6, 6.07) is 5.45. The first-order valence-electron chi connectivity index (χ1n) is 5.59. The van der Waals surface area contributed by atoms with Crippen molar-refractivity contribution in [2.45, 2.75) is 32.9 Å². The van der Waals surface area contributed by atoms with E-state index in [4.69, 9.17) is 16.3 Å². The Morgan fingerprint density at radius 2 is 2.06 bits per heavy atom. The second-order valence-corrected chi connectivity index (χ2v) is 5.63. The molecule has 0 aromatic heterocycles. The minimum absolute atomic E-state index is 0.00447. The first-order valence-corrected chi connectivity index (χ1v) is 5.97. The van der Waals surface area contributed by atoms with Gasteiger partial charge in [0.2, 0.25) is 0 Å². The first kappa shape index (κ1) is 12.2. The Balaban J connectivity index is 2.39. The Labute approximate surface area is 106 Å². The molecule has 0 saturated heterocycles. The lowest BCUT2D eigenvalue weighted by Crippen LogP contribution is -2.45. The van der Waals surface area contributed by atoms with Gasteiger partial charge in [0.1, 0.15) is 5.75 Å². The average molecular weight is 254 g/mol. The molecule has 0 aliphatic carbocycles. The van der Waals surface area contributed by atoms with E-state index in [1.807, 2.05) is 37.8 Å². The molecule has 4 heteroatoms. The zero-order valence-corrected chi connectivity index (χ0v) is 11.0. The normalized spacial score (nSPS) is 16.2. The predicted molar refractivity (Wildman–Crippen MR) is 67.3 cm³/mol. The van der Waals surface area contributed by atoms with E-state index in [1.165, 1.54) is 0 Å². The van der Waals surface area contributed by atoms with E-state index in [2.05, 4.69) is 0 Å². The number of rotatable bonds is 0. The predicted octanol–water partition coefficient (Wildman–Crippen LogP) is 2.86. The Kier molecular flexibility index (Phi) is 3.04. The number of carbonyl (C=O) groups excluding carboxylic acids is 1. The molecule has 0 radical (unpaired) electrons. The highest BCUT2D eigenvalue weighted by atomic mass is 35.5. The van der Waals surface area contributed by atoms with Crippen LogP contribution in [0, 0.1) is 0 Å². The van der Waals surface area contributed by atoms with Crippen LogP contribution in [0.2, 0.25) is 5.02 Å². The van der Waals surface area contributed by atoms with Gasteiger partial charge in [-0.05, 0) is 39.0 Å². The van der Waals surface area contributed by atoms with Gasteiger partial charge in [-0.2, -0.15) is 0 Å². The Hall–Kier alpha value is -1.22. The summed E-state index contributed by atoms with van der Waals surface area (Å²) in [6.07, 6.45) is 0. The van der Waals surface area contributed by atoms with E-state index in [0.29, 0.717) is 11.6 Å². The number of amides is 1. The molecular formula is C13H16ClNO2. The van der Waals surface area contributed by atoms with Gasteiger partial charge in [0, 0.05) is 22.7 Å². The van der Waals surface area contributed by atoms with Crippen molar-refractivity contribution in [1.82, 2.24) is 4.90 Å². The third kappa shape index (κ3) is 2.55. The minimum atomic E-state index is -0.218. The van der Waals surface area contributed by atoms with Gasteiger partial charge in [0.05, 0.1) is 0 Å². The first-order chi connectivity index (χ1) is 7.88. The van der Waals surface area contributed by atoms with E-state index >= 15 is 0 Å². The van der Waals surface area contributed by atoms with Crippen LogP contribution in [0.5, 0.6) is 5.75 Å². The van der Waals surface area contributed by atoms with Crippen molar-refractivity contribution < 1.29 is 9.53 Å². The highest BCUT2D eigenvalue weighted by Gasteiger charge is 2.30. The lowest BCUT2D eigenvalue weighted by Gasteiger charge is -2.34. The molecular weight excluding hydrogens is 238 g/mol. The number of hydrogen-bond donors (Lipinski definition) is 0. The van der Waals surface area contributed by atoms with Crippen LogP contribution in [-0.4, -0.2) is 23.0 Å². The molecule has 1 aromatic rings. The third-order valence-corrected chi connectivity index (χ3v) is 3.05. The fraction of sp³-hybridized carbons (Fsp3) is 0.462. The molecule has 17 heavy (non-hydrogen) atoms. The van der Waals surface area contributed by atoms with Crippen LogP contribution in [0.15, 0.2) is 18.2 Å². The zero-order chi connectivity index (χ0) is 12.6. The quantitative estimate of drug-likeness (QED) is 0.712. The number of hydrogen-bond acceptors (Lipinski definition) is 2. The molecule has 0 spiro atoms. The maximum absolute atomic E-state index is 12.0. The van der Waals surface area contributed by atoms with Crippen molar-refractivity contribution >= 4 is 17.5 Å². The van der Waals surface area contributed by atoms with E-state index in [1.54, 1.807) is 6.07 Å². The highest BCUT2D eigenvalue weighted by molar-refractivity contribution is 6.30. The van der Waals surface area contributed by atoms with Crippen molar-refractivity contribution in [3.8, 4) is 5.75 Å². The SMILES string of the molecule is CC(C)(C)N1Cc2cc(Cl)ccc2OCC1=O. The Bertz CT molecular complexity index is 451. The van der Waals surface area contributed by atoms with E-state index in [9.17, 15) is 4.79 Å². The number of halogens is 1. The topological polar surface area (TPSA) is 29.5 Å². The molecule has 0 saturated carbocycles. The van der Waals surface area contributed by atoms with Crippen molar-refractivity contribution in [3.05, 3.63) is 28.8 Å². The van der Waals surface area contributed by atoms with Crippen molar-refractivity contribution in [3.63, 3.8) is 0 Å². The smallest absolute Gasteiger partial charge is 0.261 e. The second-order valence-electron chi connectivity index (χ2n) is 5.19. The van der Waals surface area contributed by atoms with Gasteiger partial charge in [-0.1, -0.05) is 11.6 Å². The van der Waals surface area contributed by atoms with Gasteiger partial charge in [-0.15, -0.1) is 0 Å². The molecule has 1 aromatic carbocycles. The summed E-state index contributed by atoms with van der Waals surface area (Å²) in [5.41, 5.74) is 0.739. The van der Waals surface area contributed by atoms with Crippen LogP contribution in [0.25, 0.3) is 0 Å². The summed E-state index contributed by atoms with van der Waals surface area (Å²) in [6.45, 7) is 6.67. The third-order valence-electron chi connectivity index (χ3n) is 2.81. The Morgan fingerprint density at radius 3 is 2.71 bits per heavy atom. The lowest BCUT2D eigenvalue weighted by molar-refractivity contribution is -0.138. The molecule has 0 N–H and O–H groups in total. The zero-order valence-electron chi connectivity index (χ0n) is 10.3. The number of fused-ring (bicyclic) bond motifs is 1. The average Bonchev–Trinajstić information content (AvgIpc) is 2.37. The van der Waals surface area contributed by atoms with Crippen LogP contribution in [0.3, 0.4) is 0 Å². The fourth-order valence-corrected chi connectivity index (χ4v) is 2.09. The number of carbonyl (C=O) groups is 1. The summed E-state index contributed by atoms with van der Waals surface area (Å²) in [5, 5.41) is 0.663. The van der Waals surface area contributed by atoms with Crippen LogP contribution >= 0.6 is 11.6 Å². The molecule has 0 unspecified atom stereocenters. The summed E-state index contributed by atoms with van der Waals surface area (Å²) >= 11 is 5.97. The molecule has 92 valence electrons. The largest absolute Gasteiger partial charge is 0.483 e. The van der Waals surface area contributed by atoms with Gasteiger partial charge in [0.25, 0.3) is 5.91 Å². The van der Waals surface area contributed by atoms with E-state index < -0.39 is 0 Å². The molecule has 0 atom stereocenters. The number of benzene rings is 1. The van der Waals surface area contributed by atoms with E-state index in [-0.39, 0.29) is 18.1 Å². The lowest BCUT2D eigenvalue weighted by atomic mass is 10.0. The summed E-state index contributed by atoms with van der Waals surface area (Å²) in [5.74, 6) is 0.749. The van der Waals surface area contributed by atoms with Crippen LogP contribution in [0.4, 0.5) is 0 Å². The molecule has 0 fully saturated rings. The number of nitrogens with zero attached hydrogens (tertiary/aromatic N) is 1. The molecule has 0 bridgehead atoms. The molecule has 1 heterocycles. The molecule has 3 nitrogen and oxygen atoms in total. The van der Waals surface area contributed by atoms with Crippen LogP contribution < -0.4 is 4.74 Å². The molecule has 1 aliphatic rings. The van der Waals surface area contributed by atoms with Gasteiger partial charge in [0.15, 0.2) is 6.61 Å². The van der Waals surface area contributed by atoms with Gasteiger partial charge in [-0.3, -0.25) is 4.79 Å². The van der Waals surface area contributed by atoms with Crippen molar-refractivity contribution in [2.75, 3.05) is 6.61 Å². The standard InChI is InChI=1S/C13H16ClNO2/c1-13(2,3)15-7-9-6-10(14)4-5-11(9)17-8-12(15)16/h4-6H,7-8H2,1-3H3. The number of ether oxygens (including phenoxy) is 1. The van der Waals surface area contributed by atoms with Crippen LogP contribution in [-0.2, 0) is 11.3 Å². The molecule has 1 aliphatic heterocycles.